The molecule has 3 aliphatic carbocycles. The fourth-order valence-corrected chi connectivity index (χ4v) is 9.51. The van der Waals surface area contributed by atoms with Crippen LogP contribution in [0.3, 0.4) is 0 Å². The third kappa shape index (κ3) is 7.84. The van der Waals surface area contributed by atoms with Gasteiger partial charge in [-0.25, -0.2) is 13.2 Å². The van der Waals surface area contributed by atoms with Crippen LogP contribution in [0, 0.1) is 11.3 Å². The Kier molecular flexibility index (Phi) is 10.6. The summed E-state index contributed by atoms with van der Waals surface area (Å²) in [6.45, 7) is 10.1. The van der Waals surface area contributed by atoms with Crippen molar-refractivity contribution < 1.29 is 46.5 Å². The predicted octanol–water partition coefficient (Wildman–Crippen LogP) is 4.32. The van der Waals surface area contributed by atoms with E-state index in [1.54, 1.807) is 0 Å². The lowest BCUT2D eigenvalue weighted by atomic mass is 9.85. The van der Waals surface area contributed by atoms with Crippen molar-refractivity contribution >= 4 is 33.8 Å². The molecule has 3 saturated carbocycles. The van der Waals surface area contributed by atoms with Crippen LogP contribution < -0.4 is 24.8 Å². The van der Waals surface area contributed by atoms with Crippen LogP contribution in [0.15, 0.2) is 55.1 Å². The lowest BCUT2D eigenvalue weighted by Gasteiger charge is -2.36. The normalized spacial score (nSPS) is 26.5. The third-order valence-corrected chi connectivity index (χ3v) is 13.6. The lowest BCUT2D eigenvalue weighted by molar-refractivity contribution is -0.143. The van der Waals surface area contributed by atoms with Gasteiger partial charge in [-0.05, 0) is 79.2 Å². The molecule has 302 valence electrons. The number of alkyl carbamates (subject to hydrolysis) is 1. The van der Waals surface area contributed by atoms with Crippen molar-refractivity contribution in [2.24, 2.45) is 11.3 Å². The minimum absolute atomic E-state index is 0.00462. The van der Waals surface area contributed by atoms with Crippen molar-refractivity contribution in [1.29, 1.82) is 0 Å². The number of carbonyl (C=O) groups is 4. The number of likely N-dealkylation sites (tertiary alicyclic amines) is 1. The molecule has 0 aromatic heterocycles. The molecule has 0 spiro atoms. The molecule has 0 radical (unpaired) electrons. The van der Waals surface area contributed by atoms with Gasteiger partial charge in [-0.2, -0.15) is 0 Å². The highest BCUT2D eigenvalue weighted by Crippen LogP contribution is 2.47. The van der Waals surface area contributed by atoms with Gasteiger partial charge >= 0.3 is 6.09 Å². The fraction of sp³-hybridized carbons (Fsp3) is 0.561. The van der Waals surface area contributed by atoms with Crippen molar-refractivity contribution in [2.75, 3.05) is 26.9 Å². The highest BCUT2D eigenvalue weighted by atomic mass is 32.2. The van der Waals surface area contributed by atoms with Gasteiger partial charge in [-0.3, -0.25) is 19.1 Å². The SMILES string of the molecule is C=C[C@@H]1C[C@]1(NC(=O)[C@@H]1C[C@@](OC)(c2ccc(-c3ccc4c(c3)OCCO4)cc2)CN1C(=O)[C@@H](NC(=O)OC1CCCC1)C(C)(C)C)C(=O)NS(=O)(=O)C1CC1. The molecule has 3 N–H and O–H groups in total. The van der Waals surface area contributed by atoms with E-state index in [-0.39, 0.29) is 25.5 Å². The first kappa shape index (κ1) is 39.6. The van der Waals surface area contributed by atoms with Gasteiger partial charge in [0, 0.05) is 19.4 Å². The van der Waals surface area contributed by atoms with Crippen molar-refractivity contribution in [3.05, 3.63) is 60.7 Å². The molecule has 1 saturated heterocycles. The second kappa shape index (κ2) is 15.0. The van der Waals surface area contributed by atoms with Crippen LogP contribution in [0.4, 0.5) is 4.79 Å². The van der Waals surface area contributed by atoms with Gasteiger partial charge in [0.05, 0.1) is 11.8 Å². The first-order chi connectivity index (χ1) is 26.6. The number of sulfonamides is 1. The van der Waals surface area contributed by atoms with E-state index in [2.05, 4.69) is 21.9 Å². The Morgan fingerprint density at radius 3 is 2.21 bits per heavy atom. The number of fused-ring (bicyclic) bond motifs is 1. The van der Waals surface area contributed by atoms with Crippen LogP contribution in [0.5, 0.6) is 11.5 Å². The summed E-state index contributed by atoms with van der Waals surface area (Å²) in [6, 6.07) is 11.1. The Bertz CT molecular complexity index is 1990. The molecule has 15 heteroatoms. The van der Waals surface area contributed by atoms with E-state index >= 15 is 0 Å². The summed E-state index contributed by atoms with van der Waals surface area (Å²) in [5.41, 5.74) is -1.04. The van der Waals surface area contributed by atoms with E-state index in [9.17, 15) is 27.6 Å². The van der Waals surface area contributed by atoms with Crippen LogP contribution in [0.1, 0.15) is 77.7 Å². The Balaban J connectivity index is 1.19. The summed E-state index contributed by atoms with van der Waals surface area (Å²) in [6.07, 6.45) is 5.06. The number of methoxy groups -OCH3 is 1. The molecule has 2 aromatic carbocycles. The molecular formula is C41H52N4O10S. The average molecular weight is 793 g/mol. The van der Waals surface area contributed by atoms with Gasteiger partial charge in [0.1, 0.15) is 42.5 Å². The summed E-state index contributed by atoms with van der Waals surface area (Å²) in [4.78, 5) is 57.6. The third-order valence-electron chi connectivity index (χ3n) is 11.8. The van der Waals surface area contributed by atoms with Crippen LogP contribution in [-0.4, -0.2) is 93.0 Å². The van der Waals surface area contributed by atoms with Crippen molar-refractivity contribution in [2.45, 2.75) is 107 Å². The maximum atomic E-state index is 14.8. The van der Waals surface area contributed by atoms with Crippen molar-refractivity contribution in [1.82, 2.24) is 20.3 Å². The molecule has 5 aliphatic rings. The Morgan fingerprint density at radius 1 is 0.946 bits per heavy atom. The summed E-state index contributed by atoms with van der Waals surface area (Å²) in [5.74, 6) is -1.21. The second-order valence-electron chi connectivity index (χ2n) is 16.8. The number of amides is 4. The predicted molar refractivity (Wildman–Crippen MR) is 206 cm³/mol. The van der Waals surface area contributed by atoms with E-state index in [1.807, 2.05) is 63.2 Å². The first-order valence-corrected chi connectivity index (χ1v) is 21.0. The van der Waals surface area contributed by atoms with Gasteiger partial charge in [0.15, 0.2) is 11.5 Å². The van der Waals surface area contributed by atoms with Gasteiger partial charge < -0.3 is 34.5 Å². The quantitative estimate of drug-likeness (QED) is 0.262. The Morgan fingerprint density at radius 2 is 1.61 bits per heavy atom. The molecule has 4 fully saturated rings. The zero-order chi connectivity index (χ0) is 40.0. The molecule has 14 nitrogen and oxygen atoms in total. The number of hydrogen-bond acceptors (Lipinski definition) is 10. The smallest absolute Gasteiger partial charge is 0.408 e. The van der Waals surface area contributed by atoms with Crippen LogP contribution in [0.25, 0.3) is 11.1 Å². The first-order valence-electron chi connectivity index (χ1n) is 19.4. The molecule has 2 heterocycles. The molecule has 56 heavy (non-hydrogen) atoms. The number of rotatable bonds is 12. The van der Waals surface area contributed by atoms with E-state index in [4.69, 9.17) is 18.9 Å². The lowest BCUT2D eigenvalue weighted by Crippen LogP contribution is -2.60. The van der Waals surface area contributed by atoms with E-state index in [0.29, 0.717) is 43.1 Å². The van der Waals surface area contributed by atoms with Crippen molar-refractivity contribution in [3.63, 3.8) is 0 Å². The molecular weight excluding hydrogens is 741 g/mol. The van der Waals surface area contributed by atoms with Gasteiger partial charge in [0.2, 0.25) is 21.8 Å². The average Bonchev–Trinajstić information content (AvgIpc) is 4.06. The Labute approximate surface area is 328 Å². The molecule has 0 unspecified atom stereocenters. The summed E-state index contributed by atoms with van der Waals surface area (Å²) < 4.78 is 51.1. The van der Waals surface area contributed by atoms with E-state index in [1.165, 1.54) is 18.1 Å². The van der Waals surface area contributed by atoms with Crippen LogP contribution >= 0.6 is 0 Å². The summed E-state index contributed by atoms with van der Waals surface area (Å²) in [5, 5.41) is 5.00. The largest absolute Gasteiger partial charge is 0.486 e. The van der Waals surface area contributed by atoms with Crippen LogP contribution in [0.2, 0.25) is 0 Å². The number of hydrogen-bond donors (Lipinski definition) is 3. The molecule has 5 atom stereocenters. The van der Waals surface area contributed by atoms with E-state index in [0.717, 1.165) is 36.8 Å². The number of carbonyl (C=O) groups excluding carboxylic acids is 4. The monoisotopic (exact) mass is 792 g/mol. The maximum Gasteiger partial charge on any atom is 0.408 e. The molecule has 2 aliphatic heterocycles. The topological polar surface area (TPSA) is 179 Å². The summed E-state index contributed by atoms with van der Waals surface area (Å²) in [7, 11) is -2.39. The fourth-order valence-electron chi connectivity index (χ4n) is 8.15. The Hall–Kier alpha value is -4.63. The number of ether oxygens (including phenoxy) is 4. The molecule has 4 amide bonds. The van der Waals surface area contributed by atoms with Crippen molar-refractivity contribution in [3.8, 4) is 22.6 Å². The highest BCUT2D eigenvalue weighted by Gasteiger charge is 2.62. The molecule has 7 rings (SSSR count). The summed E-state index contributed by atoms with van der Waals surface area (Å²) >= 11 is 0. The maximum absolute atomic E-state index is 14.8. The van der Waals surface area contributed by atoms with E-state index < -0.39 is 73.6 Å². The molecule has 2 aromatic rings. The zero-order valence-corrected chi connectivity index (χ0v) is 33.2. The van der Waals surface area contributed by atoms with Gasteiger partial charge in [0.25, 0.3) is 5.91 Å². The second-order valence-corrected chi connectivity index (χ2v) is 18.7. The van der Waals surface area contributed by atoms with Gasteiger partial charge in [-0.15, -0.1) is 6.58 Å². The van der Waals surface area contributed by atoms with Crippen LogP contribution in [-0.2, 0) is 39.5 Å². The molecule has 0 bridgehead atoms. The van der Waals surface area contributed by atoms with Gasteiger partial charge in [-0.1, -0.05) is 57.2 Å². The number of benzene rings is 2. The minimum atomic E-state index is -3.91. The zero-order valence-electron chi connectivity index (χ0n) is 32.4. The highest BCUT2D eigenvalue weighted by molar-refractivity contribution is 7.91. The standard InChI is InChI=1S/C41H52N4O10S/c1-6-27-22-41(27,37(48)44-56(50,51)30-16-17-30)43-35(46)31-23-40(52-5,28-14-11-25(12-15-28)26-13-18-32-33(21-26)54-20-19-53-32)24-45(31)36(47)34(39(2,3)4)42-38(49)55-29-9-7-8-10-29/h6,11-15,18,21,27,29-31,34H,1,7-10,16-17,19-20,22-24H2,2-5H3,(H,42,49)(H,43,46)(H,44,48)/t27-,31+,34-,40+,41-/m1/s1. The number of nitrogens with one attached hydrogen (secondary N) is 3. The minimum Gasteiger partial charge on any atom is -0.486 e. The number of nitrogens with zero attached hydrogens (tertiary/aromatic N) is 1.